The number of ketones is 1. The molecule has 0 fully saturated rings. The van der Waals surface area contributed by atoms with Gasteiger partial charge < -0.3 is 9.88 Å². The fourth-order valence-corrected chi connectivity index (χ4v) is 2.66. The smallest absolute Gasteiger partial charge is 0.263 e. The lowest BCUT2D eigenvalue weighted by atomic mass is 10.0. The summed E-state index contributed by atoms with van der Waals surface area (Å²) in [7, 11) is 1.47. The van der Waals surface area contributed by atoms with Crippen LogP contribution in [0, 0.1) is 0 Å². The van der Waals surface area contributed by atoms with E-state index in [0.717, 1.165) is 24.8 Å². The van der Waals surface area contributed by atoms with Gasteiger partial charge in [-0.25, -0.2) is 0 Å². The van der Waals surface area contributed by atoms with Crippen LogP contribution in [0.5, 0.6) is 0 Å². The monoisotopic (exact) mass is 340 g/mol. The second-order valence-electron chi connectivity index (χ2n) is 6.02. The molecule has 2 aromatic rings. The fourth-order valence-electron chi connectivity index (χ4n) is 2.66. The van der Waals surface area contributed by atoms with Crippen molar-refractivity contribution in [2.24, 2.45) is 0 Å². The molecule has 1 heterocycles. The van der Waals surface area contributed by atoms with Crippen molar-refractivity contribution in [3.63, 3.8) is 0 Å². The normalized spacial score (nSPS) is 10.5. The van der Waals surface area contributed by atoms with Crippen LogP contribution in [0.1, 0.15) is 58.9 Å². The van der Waals surface area contributed by atoms with Crippen LogP contribution in [0.3, 0.4) is 0 Å². The quantitative estimate of drug-likeness (QED) is 0.593. The number of hydrogen-bond acceptors (Lipinski definition) is 3. The van der Waals surface area contributed by atoms with Crippen LogP contribution in [0.25, 0.3) is 0 Å². The number of Topliss-reactive ketones (excluding diaryl/α,β-unsaturated/α-hetero) is 1. The number of rotatable bonds is 8. The highest BCUT2D eigenvalue weighted by Gasteiger charge is 2.16. The number of amides is 1. The van der Waals surface area contributed by atoms with Crippen molar-refractivity contribution in [3.05, 3.63) is 69.6 Å². The minimum atomic E-state index is -0.477. The highest BCUT2D eigenvalue weighted by Crippen LogP contribution is 2.10. The molecule has 0 bridgehead atoms. The van der Waals surface area contributed by atoms with Crippen molar-refractivity contribution in [1.82, 2.24) is 9.88 Å². The molecule has 1 N–H and O–H groups in total. The Bertz CT molecular complexity index is 794. The molecule has 0 aliphatic rings. The summed E-state index contributed by atoms with van der Waals surface area (Å²) in [5, 5.41) is 2.47. The Kier molecular flexibility index (Phi) is 6.69. The molecule has 0 spiro atoms. The molecule has 5 nitrogen and oxygen atoms in total. The third kappa shape index (κ3) is 4.89. The van der Waals surface area contributed by atoms with Gasteiger partial charge in [0.1, 0.15) is 5.56 Å². The Hall–Kier alpha value is -2.69. The summed E-state index contributed by atoms with van der Waals surface area (Å²) in [5.74, 6) is -0.518. The lowest BCUT2D eigenvalue weighted by Gasteiger charge is -2.11. The average Bonchev–Trinajstić information content (AvgIpc) is 2.63. The van der Waals surface area contributed by atoms with Gasteiger partial charge in [0.05, 0.1) is 6.54 Å². The molecular weight excluding hydrogens is 316 g/mol. The molecular formula is C20H24N2O3. The molecule has 0 saturated carbocycles. The first-order valence-electron chi connectivity index (χ1n) is 8.60. The van der Waals surface area contributed by atoms with Crippen molar-refractivity contribution in [2.75, 3.05) is 7.05 Å². The minimum absolute atomic E-state index is 0.000211. The largest absolute Gasteiger partial charge is 0.355 e. The molecule has 1 aromatic carbocycles. The molecule has 0 saturated heterocycles. The van der Waals surface area contributed by atoms with E-state index in [1.54, 1.807) is 6.20 Å². The van der Waals surface area contributed by atoms with Crippen molar-refractivity contribution in [2.45, 2.75) is 39.2 Å². The van der Waals surface area contributed by atoms with Gasteiger partial charge in [0.2, 0.25) is 0 Å². The van der Waals surface area contributed by atoms with E-state index in [1.165, 1.54) is 17.7 Å². The molecule has 0 aliphatic carbocycles. The van der Waals surface area contributed by atoms with Gasteiger partial charge in [-0.2, -0.15) is 0 Å². The zero-order valence-electron chi connectivity index (χ0n) is 14.7. The van der Waals surface area contributed by atoms with Crippen LogP contribution in [0.2, 0.25) is 0 Å². The molecule has 0 radical (unpaired) electrons. The summed E-state index contributed by atoms with van der Waals surface area (Å²) in [5.41, 5.74) is 0.946. The highest BCUT2D eigenvalue weighted by molar-refractivity contribution is 6.00. The van der Waals surface area contributed by atoms with E-state index in [-0.39, 0.29) is 11.3 Å². The van der Waals surface area contributed by atoms with Gasteiger partial charge in [-0.05, 0) is 18.1 Å². The molecule has 0 atom stereocenters. The number of unbranched alkanes of at least 4 members (excludes halogenated alkanes) is 2. The van der Waals surface area contributed by atoms with Crippen LogP contribution in [-0.4, -0.2) is 23.3 Å². The zero-order chi connectivity index (χ0) is 18.2. The van der Waals surface area contributed by atoms with E-state index in [1.807, 2.05) is 30.3 Å². The highest BCUT2D eigenvalue weighted by atomic mass is 16.2. The number of pyridine rings is 1. The van der Waals surface area contributed by atoms with Gasteiger partial charge in [0.25, 0.3) is 11.5 Å². The SMILES string of the molecule is CCCCCC(=O)c1cc(C(=O)NC)c(=O)n(Cc2ccccc2)c1. The van der Waals surface area contributed by atoms with Gasteiger partial charge in [-0.3, -0.25) is 14.4 Å². The Morgan fingerprint density at radius 3 is 2.48 bits per heavy atom. The van der Waals surface area contributed by atoms with Crippen LogP contribution in [-0.2, 0) is 6.54 Å². The molecule has 1 aromatic heterocycles. The van der Waals surface area contributed by atoms with E-state index in [0.29, 0.717) is 18.5 Å². The standard InChI is InChI=1S/C20H24N2O3/c1-3-4-6-11-18(23)16-12-17(19(24)21-2)20(25)22(14-16)13-15-9-7-5-8-10-15/h5,7-10,12,14H,3-4,6,11,13H2,1-2H3,(H,21,24). The summed E-state index contributed by atoms with van der Waals surface area (Å²) in [6.45, 7) is 2.40. The van der Waals surface area contributed by atoms with Crippen LogP contribution in [0.4, 0.5) is 0 Å². The maximum absolute atomic E-state index is 12.6. The lowest BCUT2D eigenvalue weighted by molar-refractivity contribution is 0.0961. The van der Waals surface area contributed by atoms with Crippen LogP contribution >= 0.6 is 0 Å². The molecule has 132 valence electrons. The minimum Gasteiger partial charge on any atom is -0.355 e. The number of benzene rings is 1. The second kappa shape index (κ2) is 8.97. The van der Waals surface area contributed by atoms with Gasteiger partial charge in [-0.1, -0.05) is 50.1 Å². The summed E-state index contributed by atoms with van der Waals surface area (Å²) in [4.78, 5) is 37.1. The lowest BCUT2D eigenvalue weighted by Crippen LogP contribution is -2.32. The van der Waals surface area contributed by atoms with Gasteiger partial charge in [0, 0.05) is 25.2 Å². The van der Waals surface area contributed by atoms with Crippen molar-refractivity contribution >= 4 is 11.7 Å². The Morgan fingerprint density at radius 2 is 1.84 bits per heavy atom. The van der Waals surface area contributed by atoms with Crippen molar-refractivity contribution < 1.29 is 9.59 Å². The topological polar surface area (TPSA) is 68.2 Å². The van der Waals surface area contributed by atoms with E-state index in [9.17, 15) is 14.4 Å². The number of nitrogens with one attached hydrogen (secondary N) is 1. The van der Waals surface area contributed by atoms with Crippen molar-refractivity contribution in [3.8, 4) is 0 Å². The fraction of sp³-hybridized carbons (Fsp3) is 0.350. The maximum Gasteiger partial charge on any atom is 0.263 e. The number of nitrogens with zero attached hydrogens (tertiary/aromatic N) is 1. The molecule has 2 rings (SSSR count). The zero-order valence-corrected chi connectivity index (χ0v) is 14.7. The molecule has 1 amide bonds. The van der Waals surface area contributed by atoms with Gasteiger partial charge in [-0.15, -0.1) is 0 Å². The van der Waals surface area contributed by atoms with E-state index in [2.05, 4.69) is 12.2 Å². The third-order valence-electron chi connectivity index (χ3n) is 4.08. The number of carbonyl (C=O) groups excluding carboxylic acids is 2. The molecule has 0 unspecified atom stereocenters. The van der Waals surface area contributed by atoms with Gasteiger partial charge in [0.15, 0.2) is 5.78 Å². The summed E-state index contributed by atoms with van der Waals surface area (Å²) >= 11 is 0. The van der Waals surface area contributed by atoms with Gasteiger partial charge >= 0.3 is 0 Å². The first kappa shape index (κ1) is 18.6. The summed E-state index contributed by atoms with van der Waals surface area (Å²) in [6, 6.07) is 10.9. The predicted molar refractivity (Wildman–Crippen MR) is 98.1 cm³/mol. The number of aromatic nitrogens is 1. The molecule has 0 aliphatic heterocycles. The van der Waals surface area contributed by atoms with E-state index < -0.39 is 11.5 Å². The predicted octanol–water partition coefficient (Wildman–Crippen LogP) is 3.02. The summed E-state index contributed by atoms with van der Waals surface area (Å²) in [6.07, 6.45) is 4.81. The van der Waals surface area contributed by atoms with Crippen LogP contribution < -0.4 is 10.9 Å². The first-order valence-corrected chi connectivity index (χ1v) is 8.60. The second-order valence-corrected chi connectivity index (χ2v) is 6.02. The first-order chi connectivity index (χ1) is 12.1. The average molecular weight is 340 g/mol. The Labute approximate surface area is 147 Å². The number of hydrogen-bond donors (Lipinski definition) is 1. The molecule has 5 heteroatoms. The Morgan fingerprint density at radius 1 is 1.12 bits per heavy atom. The van der Waals surface area contributed by atoms with E-state index in [4.69, 9.17) is 0 Å². The Balaban J connectivity index is 2.39. The van der Waals surface area contributed by atoms with Crippen molar-refractivity contribution in [1.29, 1.82) is 0 Å². The number of carbonyl (C=O) groups is 2. The summed E-state index contributed by atoms with van der Waals surface area (Å²) < 4.78 is 1.44. The van der Waals surface area contributed by atoms with E-state index >= 15 is 0 Å². The van der Waals surface area contributed by atoms with Crippen LogP contribution in [0.15, 0.2) is 47.4 Å². The maximum atomic E-state index is 12.6. The molecule has 25 heavy (non-hydrogen) atoms. The third-order valence-corrected chi connectivity index (χ3v) is 4.08.